The van der Waals surface area contributed by atoms with Crippen molar-refractivity contribution in [2.24, 2.45) is 4.99 Å². The van der Waals surface area contributed by atoms with E-state index in [9.17, 15) is 19.6 Å². The average molecular weight is 591 g/mol. The molecule has 5 atom stereocenters. The summed E-state index contributed by atoms with van der Waals surface area (Å²) in [5, 5.41) is 29.1. The molecule has 1 aromatic carbocycles. The number of anilines is 1. The third-order valence-electron chi connectivity index (χ3n) is 6.34. The number of benzene rings is 1. The number of esters is 1. The van der Waals surface area contributed by atoms with Gasteiger partial charge in [0.25, 0.3) is 0 Å². The first-order valence-corrected chi connectivity index (χ1v) is 14.4. The minimum atomic E-state index is -4.32. The largest absolute Gasteiger partial charge is 0.462 e. The highest BCUT2D eigenvalue weighted by molar-refractivity contribution is 7.52. The zero-order valence-electron chi connectivity index (χ0n) is 23.4. The lowest BCUT2D eigenvalue weighted by Crippen LogP contribution is -2.48. The molecule has 2 unspecified atom stereocenters. The Kier molecular flexibility index (Phi) is 8.83. The summed E-state index contributed by atoms with van der Waals surface area (Å²) >= 11 is 0. The molecule has 0 amide bonds. The van der Waals surface area contributed by atoms with E-state index in [4.69, 9.17) is 24.3 Å². The molecule has 0 bridgehead atoms. The van der Waals surface area contributed by atoms with Crippen LogP contribution < -0.4 is 15.3 Å². The number of aliphatic hydroxyl groups is 2. The van der Waals surface area contributed by atoms with Gasteiger partial charge in [0.05, 0.1) is 18.4 Å². The van der Waals surface area contributed by atoms with E-state index in [-0.39, 0.29) is 11.6 Å². The Morgan fingerprint density at radius 2 is 2.00 bits per heavy atom. The molecular formula is C26H35N6O8P. The Morgan fingerprint density at radius 1 is 1.29 bits per heavy atom. The number of nitrogens with one attached hydrogen (secondary N) is 1. The number of fused-ring (bicyclic) bond motifs is 1. The number of hydrogen-bond acceptors (Lipinski definition) is 12. The number of nitrogens with zero attached hydrogens (tertiary/aromatic N) is 4. The van der Waals surface area contributed by atoms with Crippen molar-refractivity contribution in [3.63, 3.8) is 0 Å². The van der Waals surface area contributed by atoms with Crippen LogP contribution in [-0.2, 0) is 29.0 Å². The van der Waals surface area contributed by atoms with E-state index < -0.39 is 55.9 Å². The van der Waals surface area contributed by atoms with Crippen molar-refractivity contribution in [1.82, 2.24) is 19.7 Å². The Balaban J connectivity index is 1.63. The number of para-hydroxylation sites is 1. The third-order valence-corrected chi connectivity index (χ3v) is 8.11. The highest BCUT2D eigenvalue weighted by Gasteiger charge is 2.56. The van der Waals surface area contributed by atoms with Crippen molar-refractivity contribution >= 4 is 31.3 Å². The number of nitrogen functional groups attached to an aromatic ring is 1. The van der Waals surface area contributed by atoms with Crippen LogP contribution in [0.25, 0.3) is 5.52 Å². The van der Waals surface area contributed by atoms with Crippen molar-refractivity contribution in [2.45, 2.75) is 63.3 Å². The zero-order chi connectivity index (χ0) is 30.0. The highest BCUT2D eigenvalue weighted by atomic mass is 31.2. The zero-order valence-corrected chi connectivity index (χ0v) is 24.3. The van der Waals surface area contributed by atoms with Crippen LogP contribution in [0.1, 0.15) is 33.4 Å². The first-order chi connectivity index (χ1) is 19.3. The van der Waals surface area contributed by atoms with Crippen LogP contribution >= 0.6 is 7.75 Å². The number of aliphatic imine (C=N–C) groups is 1. The molecular weight excluding hydrogens is 555 g/mol. The van der Waals surface area contributed by atoms with Gasteiger partial charge < -0.3 is 29.9 Å². The molecule has 14 nitrogen and oxygen atoms in total. The van der Waals surface area contributed by atoms with E-state index in [1.165, 1.54) is 38.0 Å². The summed E-state index contributed by atoms with van der Waals surface area (Å²) in [6, 6.07) is 11.5. The average Bonchev–Trinajstić information content (AvgIpc) is 3.44. The predicted octanol–water partition coefficient (Wildman–Crippen LogP) is 1.85. The van der Waals surface area contributed by atoms with Crippen LogP contribution in [0.4, 0.5) is 5.82 Å². The molecule has 1 fully saturated rings. The van der Waals surface area contributed by atoms with Gasteiger partial charge in [-0.25, -0.2) is 14.1 Å². The molecule has 0 radical (unpaired) electrons. The molecule has 0 aliphatic carbocycles. The van der Waals surface area contributed by atoms with Crippen molar-refractivity contribution in [3.05, 3.63) is 54.5 Å². The molecule has 3 heterocycles. The van der Waals surface area contributed by atoms with Gasteiger partial charge in [-0.3, -0.25) is 14.3 Å². The van der Waals surface area contributed by atoms with E-state index in [2.05, 4.69) is 20.2 Å². The number of aliphatic hydroxyl groups excluding tert-OH is 2. The lowest BCUT2D eigenvalue weighted by molar-refractivity contribution is -0.153. The quantitative estimate of drug-likeness (QED) is 0.144. The first kappa shape index (κ1) is 30.6. The van der Waals surface area contributed by atoms with E-state index in [1.807, 2.05) is 0 Å². The fraction of sp³-hybridized carbons (Fsp3) is 0.462. The van der Waals surface area contributed by atoms with E-state index >= 15 is 0 Å². The molecule has 0 spiro atoms. The molecule has 1 aliphatic rings. The number of aromatic nitrogens is 3. The van der Waals surface area contributed by atoms with Crippen molar-refractivity contribution < 1.29 is 38.1 Å². The maximum atomic E-state index is 14.0. The fourth-order valence-corrected chi connectivity index (χ4v) is 6.11. The summed E-state index contributed by atoms with van der Waals surface area (Å²) in [6.07, 6.45) is -2.09. The molecule has 1 aliphatic heterocycles. The molecule has 4 rings (SSSR count). The van der Waals surface area contributed by atoms with Crippen molar-refractivity contribution in [3.8, 4) is 5.75 Å². The Labute approximate surface area is 237 Å². The second kappa shape index (κ2) is 11.8. The molecule has 41 heavy (non-hydrogen) atoms. The second-order valence-corrected chi connectivity index (χ2v) is 12.0. The summed E-state index contributed by atoms with van der Waals surface area (Å²) in [7, 11) is -2.84. The maximum Gasteiger partial charge on any atom is 0.459 e. The molecule has 0 saturated carbocycles. The highest BCUT2D eigenvalue weighted by Crippen LogP contribution is 2.48. The van der Waals surface area contributed by atoms with Gasteiger partial charge in [-0.1, -0.05) is 18.2 Å². The third kappa shape index (κ3) is 6.27. The predicted molar refractivity (Wildman–Crippen MR) is 149 cm³/mol. The second-order valence-electron chi connectivity index (χ2n) is 10.3. The summed E-state index contributed by atoms with van der Waals surface area (Å²) in [4.78, 5) is 20.8. The Morgan fingerprint density at radius 3 is 2.66 bits per heavy atom. The number of carbonyl (C=O) groups excluding carboxylic acids is 1. The van der Waals surface area contributed by atoms with Crippen LogP contribution in [0.3, 0.4) is 0 Å². The van der Waals surface area contributed by atoms with Crippen molar-refractivity contribution in [2.75, 3.05) is 19.4 Å². The van der Waals surface area contributed by atoms with Crippen molar-refractivity contribution in [1.29, 1.82) is 0 Å². The SMILES string of the molecule is CN=C[C@@]1(c2ccc3c(N)ncnn23)OC(COP(=O)(NC(C)(C)C(=O)OC(C)C)Oc2ccccc2)[C@@H](O)[C@H]1O. The molecule has 3 aromatic rings. The first-order valence-electron chi connectivity index (χ1n) is 12.9. The Hall–Kier alpha value is -3.39. The molecule has 222 valence electrons. The molecule has 1 saturated heterocycles. The molecule has 2 aromatic heterocycles. The van der Waals surface area contributed by atoms with E-state index in [1.54, 1.807) is 56.3 Å². The minimum absolute atomic E-state index is 0.200. The van der Waals surface area contributed by atoms with Crippen LogP contribution in [0.5, 0.6) is 5.75 Å². The number of rotatable bonds is 11. The lowest BCUT2D eigenvalue weighted by atomic mass is 9.92. The van der Waals surface area contributed by atoms with Crippen LogP contribution in [0.2, 0.25) is 0 Å². The maximum absolute atomic E-state index is 14.0. The standard InChI is InChI=1S/C26H35N6O8P/c1-16(2)38-24(35)25(3,4)31-41(36,40-17-9-7-6-8-10-17)37-13-19-21(33)22(34)26(39-19,14-28-5)20-12-11-18-23(27)29-15-30-32(18)20/h6-12,14-16,19,21-22,33-34H,13H2,1-5H3,(H,31,36)(H2,27,29,30)/t19?,21-,22-,26+,41?/m1/s1. The van der Waals surface area contributed by atoms with Crippen LogP contribution in [0.15, 0.2) is 53.8 Å². The number of carbonyl (C=O) groups is 1. The summed E-state index contributed by atoms with van der Waals surface area (Å²) in [5.41, 5.74) is 3.58. The van der Waals surface area contributed by atoms with Gasteiger partial charge >= 0.3 is 13.7 Å². The summed E-state index contributed by atoms with van der Waals surface area (Å²) in [5.74, 6) is -0.278. The number of nitrogens with two attached hydrogens (primary N) is 1. The number of ether oxygens (including phenoxy) is 2. The van der Waals surface area contributed by atoms with Gasteiger partial charge in [-0.15, -0.1) is 0 Å². The summed E-state index contributed by atoms with van der Waals surface area (Å²) in [6.45, 7) is 5.82. The smallest absolute Gasteiger partial charge is 0.459 e. The molecule has 15 heteroatoms. The van der Waals surface area contributed by atoms with E-state index in [0.717, 1.165) is 0 Å². The van der Waals surface area contributed by atoms with Gasteiger partial charge in [-0.05, 0) is 52.0 Å². The van der Waals surface area contributed by atoms with Gasteiger partial charge in [-0.2, -0.15) is 10.2 Å². The summed E-state index contributed by atoms with van der Waals surface area (Å²) < 4.78 is 38.4. The topological polar surface area (TPSA) is 192 Å². The fourth-order valence-electron chi connectivity index (χ4n) is 4.43. The van der Waals surface area contributed by atoms with Crippen LogP contribution in [0, 0.1) is 0 Å². The lowest BCUT2D eigenvalue weighted by Gasteiger charge is -2.30. The van der Waals surface area contributed by atoms with Gasteiger partial charge in [0.15, 0.2) is 11.4 Å². The van der Waals surface area contributed by atoms with Gasteiger partial charge in [0.2, 0.25) is 0 Å². The van der Waals surface area contributed by atoms with Gasteiger partial charge in [0.1, 0.15) is 41.4 Å². The Bertz CT molecular complexity index is 1450. The molecule has 5 N–H and O–H groups in total. The van der Waals surface area contributed by atoms with Crippen LogP contribution in [-0.4, -0.2) is 80.6 Å². The normalized spacial score (nSPS) is 24.6. The van der Waals surface area contributed by atoms with E-state index in [0.29, 0.717) is 11.2 Å². The minimum Gasteiger partial charge on any atom is -0.462 e. The monoisotopic (exact) mass is 590 g/mol. The van der Waals surface area contributed by atoms with Gasteiger partial charge in [0, 0.05) is 13.3 Å². The number of hydrogen-bond donors (Lipinski definition) is 4.